The molecule has 1 aliphatic carbocycles. The van der Waals surface area contributed by atoms with Crippen molar-refractivity contribution in [3.05, 3.63) is 12.5 Å². The lowest BCUT2D eigenvalue weighted by Gasteiger charge is -2.36. The van der Waals surface area contributed by atoms with Gasteiger partial charge in [-0.2, -0.15) is 0 Å². The number of aromatic nitrogens is 1. The summed E-state index contributed by atoms with van der Waals surface area (Å²) in [7, 11) is 1.71. The SMILES string of the molecule is CNC1(C(=O)O)CCCC(Sc2ncco2)C1. The minimum Gasteiger partial charge on any atom is -0.480 e. The smallest absolute Gasteiger partial charge is 0.323 e. The predicted molar refractivity (Wildman–Crippen MR) is 64.0 cm³/mol. The molecule has 1 saturated carbocycles. The van der Waals surface area contributed by atoms with E-state index < -0.39 is 11.5 Å². The van der Waals surface area contributed by atoms with E-state index in [1.807, 2.05) is 0 Å². The molecule has 1 aliphatic rings. The first-order valence-corrected chi connectivity index (χ1v) is 6.53. The Kier molecular flexibility index (Phi) is 3.73. The molecule has 2 unspecified atom stereocenters. The third-order valence-electron chi connectivity index (χ3n) is 3.27. The number of hydrogen-bond acceptors (Lipinski definition) is 5. The average molecular weight is 256 g/mol. The van der Waals surface area contributed by atoms with Gasteiger partial charge in [0.15, 0.2) is 0 Å². The van der Waals surface area contributed by atoms with Gasteiger partial charge in [-0.3, -0.25) is 4.79 Å². The van der Waals surface area contributed by atoms with E-state index in [9.17, 15) is 9.90 Å². The van der Waals surface area contributed by atoms with Gasteiger partial charge in [-0.15, -0.1) is 0 Å². The molecule has 2 atom stereocenters. The highest BCUT2D eigenvalue weighted by Gasteiger charge is 2.42. The maximum absolute atomic E-state index is 11.3. The molecule has 6 heteroatoms. The summed E-state index contributed by atoms with van der Waals surface area (Å²) < 4.78 is 5.18. The Hall–Kier alpha value is -1.01. The summed E-state index contributed by atoms with van der Waals surface area (Å²) in [4.78, 5) is 15.4. The Morgan fingerprint density at radius 3 is 3.18 bits per heavy atom. The number of nitrogens with one attached hydrogen (secondary N) is 1. The zero-order valence-corrected chi connectivity index (χ0v) is 10.5. The molecular weight excluding hydrogens is 240 g/mol. The molecule has 2 rings (SSSR count). The molecule has 1 aromatic heterocycles. The quantitative estimate of drug-likeness (QED) is 0.855. The summed E-state index contributed by atoms with van der Waals surface area (Å²) in [5.74, 6) is -0.766. The topological polar surface area (TPSA) is 75.4 Å². The van der Waals surface area contributed by atoms with Crippen molar-refractivity contribution in [3.8, 4) is 0 Å². The number of oxazole rings is 1. The van der Waals surface area contributed by atoms with Gasteiger partial charge in [0.05, 0.1) is 6.20 Å². The molecule has 1 aromatic rings. The first-order chi connectivity index (χ1) is 8.16. The number of rotatable bonds is 4. The highest BCUT2D eigenvalue weighted by molar-refractivity contribution is 7.99. The Labute approximate surface area is 104 Å². The second-order valence-electron chi connectivity index (χ2n) is 4.27. The summed E-state index contributed by atoms with van der Waals surface area (Å²) in [5, 5.41) is 13.1. The van der Waals surface area contributed by atoms with Crippen LogP contribution in [0.1, 0.15) is 25.7 Å². The van der Waals surface area contributed by atoms with Crippen LogP contribution in [-0.2, 0) is 4.79 Å². The molecule has 1 heterocycles. The second kappa shape index (κ2) is 5.10. The van der Waals surface area contributed by atoms with Crippen molar-refractivity contribution >= 4 is 17.7 Å². The Bertz CT molecular complexity index is 382. The van der Waals surface area contributed by atoms with E-state index in [4.69, 9.17) is 4.42 Å². The van der Waals surface area contributed by atoms with Crippen LogP contribution < -0.4 is 5.32 Å². The van der Waals surface area contributed by atoms with Gasteiger partial charge in [-0.1, -0.05) is 11.8 Å². The third kappa shape index (κ3) is 2.63. The van der Waals surface area contributed by atoms with E-state index in [-0.39, 0.29) is 5.25 Å². The Morgan fingerprint density at radius 2 is 2.59 bits per heavy atom. The zero-order valence-electron chi connectivity index (χ0n) is 9.68. The number of aliphatic carboxylic acids is 1. The molecule has 94 valence electrons. The van der Waals surface area contributed by atoms with Crippen LogP contribution in [0, 0.1) is 0 Å². The van der Waals surface area contributed by atoms with Crippen molar-refractivity contribution in [1.82, 2.24) is 10.3 Å². The molecule has 0 spiro atoms. The molecule has 0 aromatic carbocycles. The van der Waals surface area contributed by atoms with E-state index >= 15 is 0 Å². The van der Waals surface area contributed by atoms with Gasteiger partial charge in [0.25, 0.3) is 5.22 Å². The Balaban J connectivity index is 2.03. The molecule has 1 fully saturated rings. The lowest BCUT2D eigenvalue weighted by Crippen LogP contribution is -2.53. The number of carboxylic acid groups (broad SMARTS) is 1. The van der Waals surface area contributed by atoms with Crippen LogP contribution in [0.15, 0.2) is 22.1 Å². The van der Waals surface area contributed by atoms with Gasteiger partial charge >= 0.3 is 5.97 Å². The van der Waals surface area contributed by atoms with Gasteiger partial charge < -0.3 is 14.8 Å². The zero-order chi connectivity index (χ0) is 12.3. The van der Waals surface area contributed by atoms with Crippen LogP contribution in [0.4, 0.5) is 0 Å². The van der Waals surface area contributed by atoms with Crippen molar-refractivity contribution in [2.24, 2.45) is 0 Å². The summed E-state index contributed by atoms with van der Waals surface area (Å²) in [6, 6.07) is 0. The third-order valence-corrected chi connectivity index (χ3v) is 4.41. The van der Waals surface area contributed by atoms with Crippen LogP contribution in [0.3, 0.4) is 0 Å². The minimum absolute atomic E-state index is 0.242. The molecule has 0 aliphatic heterocycles. The highest BCUT2D eigenvalue weighted by Crippen LogP contribution is 2.37. The number of nitrogens with zero attached hydrogens (tertiary/aromatic N) is 1. The van der Waals surface area contributed by atoms with Crippen LogP contribution >= 0.6 is 11.8 Å². The maximum atomic E-state index is 11.3. The maximum Gasteiger partial charge on any atom is 0.323 e. The van der Waals surface area contributed by atoms with Crippen molar-refractivity contribution in [2.45, 2.75) is 41.7 Å². The molecule has 0 amide bonds. The fourth-order valence-corrected chi connectivity index (χ4v) is 3.43. The molecule has 0 bridgehead atoms. The van der Waals surface area contributed by atoms with E-state index in [2.05, 4.69) is 10.3 Å². The molecule has 17 heavy (non-hydrogen) atoms. The normalized spacial score (nSPS) is 29.1. The second-order valence-corrected chi connectivity index (χ2v) is 5.52. The number of carbonyl (C=O) groups is 1. The minimum atomic E-state index is -0.789. The number of likely N-dealkylation sites (N-methyl/N-ethyl adjacent to an activating group) is 1. The van der Waals surface area contributed by atoms with Crippen LogP contribution in [0.2, 0.25) is 0 Å². The van der Waals surface area contributed by atoms with Gasteiger partial charge in [0.2, 0.25) is 0 Å². The van der Waals surface area contributed by atoms with Crippen molar-refractivity contribution < 1.29 is 14.3 Å². The van der Waals surface area contributed by atoms with E-state index in [0.29, 0.717) is 18.1 Å². The molecule has 5 nitrogen and oxygen atoms in total. The standard InChI is InChI=1S/C11H16N2O3S/c1-12-11(9(14)15)4-2-3-8(7-11)17-10-13-5-6-16-10/h5-6,8,12H,2-4,7H2,1H3,(H,14,15). The molecular formula is C11H16N2O3S. The van der Waals surface area contributed by atoms with E-state index in [1.54, 1.807) is 13.2 Å². The van der Waals surface area contributed by atoms with Crippen LogP contribution in [0.5, 0.6) is 0 Å². The lowest BCUT2D eigenvalue weighted by atomic mass is 9.81. The summed E-state index contributed by atoms with van der Waals surface area (Å²) in [6.45, 7) is 0. The van der Waals surface area contributed by atoms with Gasteiger partial charge in [0.1, 0.15) is 11.8 Å². The predicted octanol–water partition coefficient (Wildman–Crippen LogP) is 1.75. The van der Waals surface area contributed by atoms with Crippen molar-refractivity contribution in [2.75, 3.05) is 7.05 Å². The van der Waals surface area contributed by atoms with Crippen LogP contribution in [0.25, 0.3) is 0 Å². The van der Waals surface area contributed by atoms with E-state index in [1.165, 1.54) is 18.0 Å². The highest BCUT2D eigenvalue weighted by atomic mass is 32.2. The number of carboxylic acids is 1. The number of hydrogen-bond donors (Lipinski definition) is 2. The summed E-state index contributed by atoms with van der Waals surface area (Å²) in [6.07, 6.45) is 6.34. The van der Waals surface area contributed by atoms with Crippen molar-refractivity contribution in [1.29, 1.82) is 0 Å². The fourth-order valence-electron chi connectivity index (χ4n) is 2.26. The van der Waals surface area contributed by atoms with Gasteiger partial charge in [0, 0.05) is 5.25 Å². The molecule has 0 radical (unpaired) electrons. The average Bonchev–Trinajstić information content (AvgIpc) is 2.82. The Morgan fingerprint density at radius 1 is 1.76 bits per heavy atom. The van der Waals surface area contributed by atoms with E-state index in [0.717, 1.165) is 12.8 Å². The van der Waals surface area contributed by atoms with Gasteiger partial charge in [-0.05, 0) is 32.7 Å². The van der Waals surface area contributed by atoms with Crippen LogP contribution in [-0.4, -0.2) is 33.9 Å². The first-order valence-electron chi connectivity index (χ1n) is 5.65. The molecule has 0 saturated heterocycles. The van der Waals surface area contributed by atoms with Crippen molar-refractivity contribution in [3.63, 3.8) is 0 Å². The number of thioether (sulfide) groups is 1. The lowest BCUT2D eigenvalue weighted by molar-refractivity contribution is -0.146. The van der Waals surface area contributed by atoms with Gasteiger partial charge in [-0.25, -0.2) is 4.98 Å². The summed E-state index contributed by atoms with van der Waals surface area (Å²) in [5.41, 5.74) is -0.789. The fraction of sp³-hybridized carbons (Fsp3) is 0.636. The summed E-state index contributed by atoms with van der Waals surface area (Å²) >= 11 is 1.53. The first kappa shape index (κ1) is 12.4. The largest absolute Gasteiger partial charge is 0.480 e. The molecule has 2 N–H and O–H groups in total. The monoisotopic (exact) mass is 256 g/mol.